The third-order valence-corrected chi connectivity index (χ3v) is 3.26. The lowest BCUT2D eigenvalue weighted by molar-refractivity contribution is -0.402. The third kappa shape index (κ3) is 4.32. The molecule has 0 radical (unpaired) electrons. The fraction of sp³-hybridized carbons (Fsp3) is 0.312. The zero-order valence-corrected chi connectivity index (χ0v) is 13.0. The molecule has 2 aromatic rings. The van der Waals surface area contributed by atoms with Crippen molar-refractivity contribution in [1.29, 1.82) is 0 Å². The van der Waals surface area contributed by atoms with Crippen LogP contribution in [-0.2, 0) is 0 Å². The summed E-state index contributed by atoms with van der Waals surface area (Å²) >= 11 is 0. The standard InChI is InChI=1S/C16H18N2O5/c1-11-5-3-6-12(2)15(11)22-10-4-9-17-16(19)13-7-8-14(23-13)18(20)21/h3,5-8H,4,9-10H2,1-2H3,(H,17,19). The van der Waals surface area contributed by atoms with Gasteiger partial charge in [0.25, 0.3) is 5.91 Å². The van der Waals surface area contributed by atoms with Gasteiger partial charge in [0, 0.05) is 6.54 Å². The van der Waals surface area contributed by atoms with Crippen LogP contribution < -0.4 is 10.1 Å². The molecule has 1 heterocycles. The predicted octanol–water partition coefficient (Wildman–Crippen LogP) is 3.00. The van der Waals surface area contributed by atoms with Crippen molar-refractivity contribution in [2.75, 3.05) is 13.2 Å². The minimum atomic E-state index is -0.685. The van der Waals surface area contributed by atoms with Gasteiger partial charge in [-0.05, 0) is 37.5 Å². The predicted molar refractivity (Wildman–Crippen MR) is 83.7 cm³/mol. The molecule has 0 spiro atoms. The minimum Gasteiger partial charge on any atom is -0.493 e. The largest absolute Gasteiger partial charge is 0.493 e. The molecule has 1 amide bonds. The smallest absolute Gasteiger partial charge is 0.433 e. The molecule has 0 unspecified atom stereocenters. The van der Waals surface area contributed by atoms with Crippen LogP contribution in [0.2, 0.25) is 0 Å². The number of rotatable bonds is 7. The Kier molecular flexibility index (Phi) is 5.35. The number of carbonyl (C=O) groups is 1. The molecule has 0 aliphatic carbocycles. The molecule has 1 N–H and O–H groups in total. The Morgan fingerprint density at radius 1 is 1.26 bits per heavy atom. The number of furan rings is 1. The first-order valence-electron chi connectivity index (χ1n) is 7.20. The van der Waals surface area contributed by atoms with Gasteiger partial charge in [-0.2, -0.15) is 0 Å². The summed E-state index contributed by atoms with van der Waals surface area (Å²) in [5.41, 5.74) is 2.13. The molecule has 7 heteroatoms. The topological polar surface area (TPSA) is 94.6 Å². The molecule has 1 aromatic carbocycles. The van der Waals surface area contributed by atoms with E-state index in [-0.39, 0.29) is 5.76 Å². The molecule has 23 heavy (non-hydrogen) atoms. The highest BCUT2D eigenvalue weighted by atomic mass is 16.6. The average molecular weight is 318 g/mol. The number of nitrogens with one attached hydrogen (secondary N) is 1. The number of hydrogen-bond acceptors (Lipinski definition) is 5. The Balaban J connectivity index is 1.75. The zero-order chi connectivity index (χ0) is 16.8. The summed E-state index contributed by atoms with van der Waals surface area (Å²) in [6, 6.07) is 8.36. The van der Waals surface area contributed by atoms with Crippen LogP contribution in [0.4, 0.5) is 5.88 Å². The second-order valence-corrected chi connectivity index (χ2v) is 5.07. The van der Waals surface area contributed by atoms with Crippen LogP contribution in [0, 0.1) is 24.0 Å². The molecule has 0 fully saturated rings. The number of ether oxygens (including phenoxy) is 1. The fourth-order valence-corrected chi connectivity index (χ4v) is 2.11. The first-order valence-corrected chi connectivity index (χ1v) is 7.20. The molecule has 0 aliphatic rings. The number of nitrogens with zero attached hydrogens (tertiary/aromatic N) is 1. The number of aryl methyl sites for hydroxylation is 2. The fourth-order valence-electron chi connectivity index (χ4n) is 2.11. The first-order chi connectivity index (χ1) is 11.0. The van der Waals surface area contributed by atoms with E-state index >= 15 is 0 Å². The van der Waals surface area contributed by atoms with Crippen molar-refractivity contribution in [3.05, 3.63) is 57.3 Å². The Bertz CT molecular complexity index is 688. The second-order valence-electron chi connectivity index (χ2n) is 5.07. The van der Waals surface area contributed by atoms with Gasteiger partial charge >= 0.3 is 5.88 Å². The number of carbonyl (C=O) groups excluding carboxylic acids is 1. The molecular weight excluding hydrogens is 300 g/mol. The molecule has 2 rings (SSSR count). The van der Waals surface area contributed by atoms with E-state index in [1.807, 2.05) is 32.0 Å². The first kappa shape index (κ1) is 16.5. The van der Waals surface area contributed by atoms with E-state index in [1.54, 1.807) is 0 Å². The van der Waals surface area contributed by atoms with Crippen molar-refractivity contribution in [3.8, 4) is 5.75 Å². The van der Waals surface area contributed by atoms with Crippen LogP contribution in [0.15, 0.2) is 34.7 Å². The van der Waals surface area contributed by atoms with Crippen LogP contribution in [-0.4, -0.2) is 24.0 Å². The second kappa shape index (κ2) is 7.44. The van der Waals surface area contributed by atoms with Crippen LogP contribution in [0.5, 0.6) is 5.75 Å². The number of hydrogen-bond donors (Lipinski definition) is 1. The molecule has 7 nitrogen and oxygen atoms in total. The Morgan fingerprint density at radius 2 is 1.96 bits per heavy atom. The summed E-state index contributed by atoms with van der Waals surface area (Å²) in [7, 11) is 0. The van der Waals surface area contributed by atoms with E-state index in [2.05, 4.69) is 5.32 Å². The van der Waals surface area contributed by atoms with Gasteiger partial charge in [0.1, 0.15) is 10.7 Å². The van der Waals surface area contributed by atoms with Crippen molar-refractivity contribution in [3.63, 3.8) is 0 Å². The van der Waals surface area contributed by atoms with Gasteiger partial charge in [0.15, 0.2) is 5.76 Å². The maximum absolute atomic E-state index is 11.8. The highest BCUT2D eigenvalue weighted by Crippen LogP contribution is 2.22. The molecule has 122 valence electrons. The summed E-state index contributed by atoms with van der Waals surface area (Å²) in [5, 5.41) is 13.1. The quantitative estimate of drug-likeness (QED) is 0.481. The van der Waals surface area contributed by atoms with E-state index in [0.29, 0.717) is 19.6 Å². The van der Waals surface area contributed by atoms with E-state index in [9.17, 15) is 14.9 Å². The maximum atomic E-state index is 11.8. The summed E-state index contributed by atoms with van der Waals surface area (Å²) < 4.78 is 10.5. The minimum absolute atomic E-state index is 0.0765. The molecule has 1 aromatic heterocycles. The SMILES string of the molecule is Cc1cccc(C)c1OCCCNC(=O)c1ccc([N+](=O)[O-])o1. The Hall–Kier alpha value is -2.83. The lowest BCUT2D eigenvalue weighted by atomic mass is 10.1. The van der Waals surface area contributed by atoms with Crippen molar-refractivity contribution in [2.24, 2.45) is 0 Å². The number of nitro groups is 1. The monoisotopic (exact) mass is 318 g/mol. The van der Waals surface area contributed by atoms with Gasteiger partial charge in [-0.15, -0.1) is 0 Å². The van der Waals surface area contributed by atoms with Gasteiger partial charge in [-0.25, -0.2) is 0 Å². The van der Waals surface area contributed by atoms with E-state index < -0.39 is 16.7 Å². The molecule has 0 aliphatic heterocycles. The van der Waals surface area contributed by atoms with Crippen LogP contribution >= 0.6 is 0 Å². The van der Waals surface area contributed by atoms with Crippen LogP contribution in [0.25, 0.3) is 0 Å². The zero-order valence-electron chi connectivity index (χ0n) is 13.0. The highest BCUT2D eigenvalue weighted by molar-refractivity contribution is 5.91. The molecule has 0 bridgehead atoms. The van der Waals surface area contributed by atoms with Gasteiger partial charge in [0.2, 0.25) is 0 Å². The maximum Gasteiger partial charge on any atom is 0.433 e. The summed E-state index contributed by atoms with van der Waals surface area (Å²) in [6.07, 6.45) is 0.613. The lowest BCUT2D eigenvalue weighted by Gasteiger charge is -2.11. The van der Waals surface area contributed by atoms with Gasteiger partial charge in [0.05, 0.1) is 12.7 Å². The Morgan fingerprint density at radius 3 is 2.57 bits per heavy atom. The van der Waals surface area contributed by atoms with Crippen LogP contribution in [0.1, 0.15) is 28.1 Å². The summed E-state index contributed by atoms with van der Waals surface area (Å²) in [5.74, 6) is -0.147. The van der Waals surface area contributed by atoms with Crippen molar-refractivity contribution < 1.29 is 18.9 Å². The molecule has 0 atom stereocenters. The molecular formula is C16H18N2O5. The van der Waals surface area contributed by atoms with Crippen LogP contribution in [0.3, 0.4) is 0 Å². The average Bonchev–Trinajstić information content (AvgIpc) is 2.99. The van der Waals surface area contributed by atoms with Crippen molar-refractivity contribution >= 4 is 11.8 Å². The van der Waals surface area contributed by atoms with E-state index in [4.69, 9.17) is 9.15 Å². The molecule has 0 saturated carbocycles. The lowest BCUT2D eigenvalue weighted by Crippen LogP contribution is -2.25. The van der Waals surface area contributed by atoms with Crippen molar-refractivity contribution in [1.82, 2.24) is 5.32 Å². The Labute approximate surface area is 133 Å². The van der Waals surface area contributed by atoms with E-state index in [0.717, 1.165) is 22.9 Å². The van der Waals surface area contributed by atoms with Crippen molar-refractivity contribution in [2.45, 2.75) is 20.3 Å². The normalized spacial score (nSPS) is 10.3. The molecule has 0 saturated heterocycles. The highest BCUT2D eigenvalue weighted by Gasteiger charge is 2.16. The van der Waals surface area contributed by atoms with Gasteiger partial charge in [-0.1, -0.05) is 18.2 Å². The summed E-state index contributed by atoms with van der Waals surface area (Å²) in [6.45, 7) is 4.81. The number of amides is 1. The van der Waals surface area contributed by atoms with Gasteiger partial charge < -0.3 is 14.5 Å². The number of para-hydroxylation sites is 1. The third-order valence-electron chi connectivity index (χ3n) is 3.26. The van der Waals surface area contributed by atoms with Gasteiger partial charge in [-0.3, -0.25) is 14.9 Å². The van der Waals surface area contributed by atoms with E-state index in [1.165, 1.54) is 6.07 Å². The number of benzene rings is 1. The summed E-state index contributed by atoms with van der Waals surface area (Å²) in [4.78, 5) is 21.6.